The van der Waals surface area contributed by atoms with E-state index in [0.717, 1.165) is 14.7 Å². The molecule has 3 aromatic rings. The second-order valence-corrected chi connectivity index (χ2v) is 11.1. The molecular formula is C20H21BrN2O4S2. The van der Waals surface area contributed by atoms with Gasteiger partial charge in [-0.1, -0.05) is 27.3 Å². The van der Waals surface area contributed by atoms with E-state index in [1.165, 1.54) is 35.6 Å². The number of carbonyl (C=O) groups is 1. The van der Waals surface area contributed by atoms with Gasteiger partial charge in [0.25, 0.3) is 5.91 Å². The van der Waals surface area contributed by atoms with Crippen molar-refractivity contribution in [1.82, 2.24) is 4.57 Å². The molecule has 0 aliphatic rings. The first-order valence-corrected chi connectivity index (χ1v) is 12.1. The summed E-state index contributed by atoms with van der Waals surface area (Å²) in [6, 6.07) is 11.8. The highest BCUT2D eigenvalue weighted by Crippen LogP contribution is 2.22. The van der Waals surface area contributed by atoms with E-state index in [1.807, 2.05) is 22.8 Å². The van der Waals surface area contributed by atoms with Gasteiger partial charge in [-0.05, 0) is 56.3 Å². The molecular weight excluding hydrogens is 476 g/mol. The number of methoxy groups -OCH3 is 1. The molecule has 1 heterocycles. The Hall–Kier alpha value is -1.81. The van der Waals surface area contributed by atoms with Crippen LogP contribution in [0.4, 0.5) is 0 Å². The van der Waals surface area contributed by atoms with Crippen LogP contribution in [0.1, 0.15) is 24.2 Å². The van der Waals surface area contributed by atoms with E-state index in [2.05, 4.69) is 20.9 Å². The number of hydrogen-bond donors (Lipinski definition) is 0. The SMILES string of the molecule is COCCn1c(=NC(=O)c2ccc(S(=O)(=O)C(C)C)cc2)sc2cc(Br)ccc21. The van der Waals surface area contributed by atoms with Crippen LogP contribution >= 0.6 is 27.3 Å². The molecule has 0 aliphatic carbocycles. The largest absolute Gasteiger partial charge is 0.383 e. The van der Waals surface area contributed by atoms with Gasteiger partial charge in [-0.15, -0.1) is 0 Å². The molecule has 154 valence electrons. The van der Waals surface area contributed by atoms with Crippen molar-refractivity contribution in [1.29, 1.82) is 0 Å². The maximum atomic E-state index is 12.7. The Bertz CT molecular complexity index is 1210. The van der Waals surface area contributed by atoms with E-state index in [4.69, 9.17) is 4.74 Å². The lowest BCUT2D eigenvalue weighted by Crippen LogP contribution is -2.19. The van der Waals surface area contributed by atoms with Crippen molar-refractivity contribution in [3.05, 3.63) is 57.3 Å². The molecule has 0 radical (unpaired) electrons. The number of amides is 1. The summed E-state index contributed by atoms with van der Waals surface area (Å²) in [5.74, 6) is -0.421. The smallest absolute Gasteiger partial charge is 0.279 e. The third-order valence-electron chi connectivity index (χ3n) is 4.41. The summed E-state index contributed by atoms with van der Waals surface area (Å²) in [6.45, 7) is 4.31. The first-order valence-electron chi connectivity index (χ1n) is 8.95. The zero-order chi connectivity index (χ0) is 21.2. The fourth-order valence-corrected chi connectivity index (χ4v) is 5.41. The number of fused-ring (bicyclic) bond motifs is 1. The minimum atomic E-state index is -3.38. The predicted octanol–water partition coefficient (Wildman–Crippen LogP) is 4.03. The summed E-state index contributed by atoms with van der Waals surface area (Å²) in [7, 11) is -1.75. The van der Waals surface area contributed by atoms with E-state index in [1.54, 1.807) is 21.0 Å². The lowest BCUT2D eigenvalue weighted by atomic mass is 10.2. The quantitative estimate of drug-likeness (QED) is 0.515. The normalized spacial score (nSPS) is 12.8. The Morgan fingerprint density at radius 3 is 2.52 bits per heavy atom. The molecule has 29 heavy (non-hydrogen) atoms. The zero-order valence-electron chi connectivity index (χ0n) is 16.3. The number of aromatic nitrogens is 1. The highest BCUT2D eigenvalue weighted by Gasteiger charge is 2.19. The molecule has 0 atom stereocenters. The molecule has 0 N–H and O–H groups in total. The zero-order valence-corrected chi connectivity index (χ0v) is 19.5. The number of benzene rings is 2. The molecule has 0 fully saturated rings. The van der Waals surface area contributed by atoms with Crippen LogP contribution < -0.4 is 4.80 Å². The molecule has 0 aliphatic heterocycles. The second-order valence-electron chi connectivity index (χ2n) is 6.68. The molecule has 0 saturated carbocycles. The number of carbonyl (C=O) groups excluding carboxylic acids is 1. The summed E-state index contributed by atoms with van der Waals surface area (Å²) < 4.78 is 33.6. The minimum absolute atomic E-state index is 0.200. The van der Waals surface area contributed by atoms with Crippen LogP contribution in [0.2, 0.25) is 0 Å². The van der Waals surface area contributed by atoms with Crippen molar-refractivity contribution in [2.75, 3.05) is 13.7 Å². The first-order chi connectivity index (χ1) is 13.7. The van der Waals surface area contributed by atoms with Gasteiger partial charge in [0, 0.05) is 23.7 Å². The van der Waals surface area contributed by atoms with E-state index in [0.29, 0.717) is 23.5 Å². The summed E-state index contributed by atoms with van der Waals surface area (Å²) in [4.78, 5) is 17.8. The third kappa shape index (κ3) is 4.69. The van der Waals surface area contributed by atoms with Gasteiger partial charge in [0.1, 0.15) is 0 Å². The van der Waals surface area contributed by atoms with Crippen LogP contribution in [0.5, 0.6) is 0 Å². The fraction of sp³-hybridized carbons (Fsp3) is 0.300. The summed E-state index contributed by atoms with van der Waals surface area (Å²) >= 11 is 4.88. The number of sulfone groups is 1. The molecule has 1 amide bonds. The lowest BCUT2D eigenvalue weighted by Gasteiger charge is -2.07. The number of ether oxygens (including phenoxy) is 1. The van der Waals surface area contributed by atoms with Crippen LogP contribution in [0.25, 0.3) is 10.2 Å². The van der Waals surface area contributed by atoms with Gasteiger partial charge in [-0.25, -0.2) is 8.42 Å². The van der Waals surface area contributed by atoms with Crippen molar-refractivity contribution >= 4 is 53.2 Å². The molecule has 0 spiro atoms. The van der Waals surface area contributed by atoms with E-state index < -0.39 is 21.0 Å². The van der Waals surface area contributed by atoms with Gasteiger partial charge in [0.15, 0.2) is 14.6 Å². The van der Waals surface area contributed by atoms with Gasteiger partial charge >= 0.3 is 0 Å². The van der Waals surface area contributed by atoms with Gasteiger partial charge < -0.3 is 9.30 Å². The lowest BCUT2D eigenvalue weighted by molar-refractivity contribution is 0.0997. The summed E-state index contributed by atoms with van der Waals surface area (Å²) in [5.41, 5.74) is 1.31. The molecule has 0 unspecified atom stereocenters. The molecule has 3 rings (SSSR count). The van der Waals surface area contributed by atoms with Crippen molar-refractivity contribution < 1.29 is 17.9 Å². The maximum absolute atomic E-state index is 12.7. The molecule has 0 bridgehead atoms. The van der Waals surface area contributed by atoms with Gasteiger partial charge in [-0.2, -0.15) is 4.99 Å². The maximum Gasteiger partial charge on any atom is 0.279 e. The summed E-state index contributed by atoms with van der Waals surface area (Å²) in [6.07, 6.45) is 0. The fourth-order valence-electron chi connectivity index (χ4n) is 2.74. The van der Waals surface area contributed by atoms with Crippen LogP contribution in [-0.2, 0) is 21.1 Å². The van der Waals surface area contributed by atoms with Crippen LogP contribution in [-0.4, -0.2) is 37.9 Å². The Kier molecular flexibility index (Phi) is 6.72. The Balaban J connectivity index is 2.01. The second kappa shape index (κ2) is 8.91. The number of nitrogens with zero attached hydrogens (tertiary/aromatic N) is 2. The van der Waals surface area contributed by atoms with Crippen molar-refractivity contribution in [2.45, 2.75) is 30.5 Å². The molecule has 9 heteroatoms. The van der Waals surface area contributed by atoms with Crippen LogP contribution in [0.15, 0.2) is 56.8 Å². The molecule has 1 aromatic heterocycles. The molecule has 6 nitrogen and oxygen atoms in total. The Labute approximate surface area is 181 Å². The monoisotopic (exact) mass is 496 g/mol. The van der Waals surface area contributed by atoms with Crippen LogP contribution in [0, 0.1) is 0 Å². The minimum Gasteiger partial charge on any atom is -0.383 e. The highest BCUT2D eigenvalue weighted by molar-refractivity contribution is 9.10. The standard InChI is InChI=1S/C20H21BrN2O4S2/c1-13(2)29(25,26)16-7-4-14(5-8-16)19(24)22-20-23(10-11-27-3)17-9-6-15(21)12-18(17)28-20/h4-9,12-13H,10-11H2,1-3H3. The molecule has 0 saturated heterocycles. The third-order valence-corrected chi connectivity index (χ3v) is 8.12. The van der Waals surface area contributed by atoms with Gasteiger partial charge in [0.2, 0.25) is 0 Å². The van der Waals surface area contributed by atoms with Gasteiger partial charge in [0.05, 0.1) is 27.0 Å². The van der Waals surface area contributed by atoms with Crippen molar-refractivity contribution in [2.24, 2.45) is 4.99 Å². The van der Waals surface area contributed by atoms with Crippen molar-refractivity contribution in [3.8, 4) is 0 Å². The van der Waals surface area contributed by atoms with Gasteiger partial charge in [-0.3, -0.25) is 4.79 Å². The topological polar surface area (TPSA) is 77.7 Å². The van der Waals surface area contributed by atoms with E-state index >= 15 is 0 Å². The number of thiazole rings is 1. The Morgan fingerprint density at radius 1 is 1.21 bits per heavy atom. The summed E-state index contributed by atoms with van der Waals surface area (Å²) in [5, 5.41) is -0.522. The number of hydrogen-bond acceptors (Lipinski definition) is 5. The van der Waals surface area contributed by atoms with E-state index in [9.17, 15) is 13.2 Å². The predicted molar refractivity (Wildman–Crippen MR) is 118 cm³/mol. The molecule has 2 aromatic carbocycles. The van der Waals surface area contributed by atoms with E-state index in [-0.39, 0.29) is 4.90 Å². The Morgan fingerprint density at radius 2 is 1.90 bits per heavy atom. The average molecular weight is 497 g/mol. The van der Waals surface area contributed by atoms with Crippen LogP contribution in [0.3, 0.4) is 0 Å². The first kappa shape index (κ1) is 21.9. The van der Waals surface area contributed by atoms with Crippen molar-refractivity contribution in [3.63, 3.8) is 0 Å². The average Bonchev–Trinajstić information content (AvgIpc) is 3.02. The number of rotatable bonds is 6. The highest BCUT2D eigenvalue weighted by atomic mass is 79.9. The number of halogens is 1.